The fourth-order valence-corrected chi connectivity index (χ4v) is 3.52. The van der Waals surface area contributed by atoms with Crippen molar-refractivity contribution in [2.75, 3.05) is 19.3 Å². The van der Waals surface area contributed by atoms with Crippen LogP contribution in [0.3, 0.4) is 0 Å². The Morgan fingerprint density at radius 1 is 1.35 bits per heavy atom. The van der Waals surface area contributed by atoms with E-state index in [0.717, 1.165) is 19.1 Å². The average Bonchev–Trinajstić information content (AvgIpc) is 2.33. The zero-order valence-corrected chi connectivity index (χ0v) is 12.9. The molecule has 1 saturated heterocycles. The molecule has 1 fully saturated rings. The van der Waals surface area contributed by atoms with Gasteiger partial charge in [-0.05, 0) is 26.7 Å². The monoisotopic (exact) mass is 306 g/mol. The predicted molar refractivity (Wildman–Crippen MR) is 73.7 cm³/mol. The summed E-state index contributed by atoms with van der Waals surface area (Å²) in [6, 6.07) is -1.07. The molecule has 0 aromatic rings. The number of carbonyl (C=O) groups is 2. The van der Waals surface area contributed by atoms with E-state index in [1.54, 1.807) is 13.8 Å². The van der Waals surface area contributed by atoms with Crippen LogP contribution in [0.1, 0.15) is 33.1 Å². The molecule has 1 unspecified atom stereocenters. The van der Waals surface area contributed by atoms with Crippen molar-refractivity contribution in [1.29, 1.82) is 0 Å². The molecule has 1 atom stereocenters. The van der Waals surface area contributed by atoms with Gasteiger partial charge in [0.05, 0.1) is 6.26 Å². The lowest BCUT2D eigenvalue weighted by Crippen LogP contribution is -2.55. The molecule has 0 aromatic heterocycles. The number of piperidine rings is 1. The van der Waals surface area contributed by atoms with Crippen molar-refractivity contribution in [2.24, 2.45) is 0 Å². The van der Waals surface area contributed by atoms with E-state index in [1.165, 1.54) is 9.21 Å². The number of hydrogen-bond acceptors (Lipinski definition) is 4. The summed E-state index contributed by atoms with van der Waals surface area (Å²) in [4.78, 5) is 24.6. The molecule has 20 heavy (non-hydrogen) atoms. The summed E-state index contributed by atoms with van der Waals surface area (Å²) >= 11 is 0. The molecule has 0 aromatic carbocycles. The molecule has 0 bridgehead atoms. The number of sulfonamides is 1. The molecule has 0 aliphatic carbocycles. The van der Waals surface area contributed by atoms with Crippen molar-refractivity contribution in [3.63, 3.8) is 0 Å². The minimum Gasteiger partial charge on any atom is -0.480 e. The summed E-state index contributed by atoms with van der Waals surface area (Å²) in [6.07, 6.45) is 3.00. The van der Waals surface area contributed by atoms with Gasteiger partial charge in [-0.3, -0.25) is 9.59 Å². The van der Waals surface area contributed by atoms with Gasteiger partial charge in [-0.2, -0.15) is 4.31 Å². The van der Waals surface area contributed by atoms with Gasteiger partial charge in [-0.1, -0.05) is 6.42 Å². The van der Waals surface area contributed by atoms with Crippen molar-refractivity contribution in [3.8, 4) is 0 Å². The number of nitrogens with zero attached hydrogens (tertiary/aromatic N) is 2. The number of carbonyl (C=O) groups excluding carboxylic acids is 1. The van der Waals surface area contributed by atoms with E-state index in [2.05, 4.69) is 0 Å². The molecule has 0 spiro atoms. The van der Waals surface area contributed by atoms with E-state index >= 15 is 0 Å². The molecule has 1 rings (SSSR count). The van der Waals surface area contributed by atoms with Crippen LogP contribution in [-0.2, 0) is 19.6 Å². The number of carboxylic acids is 1. The average molecular weight is 306 g/mol. The van der Waals surface area contributed by atoms with Crippen molar-refractivity contribution >= 4 is 21.9 Å². The lowest BCUT2D eigenvalue weighted by molar-refractivity contribution is -0.148. The first kappa shape index (κ1) is 16.9. The minimum atomic E-state index is -3.47. The summed E-state index contributed by atoms with van der Waals surface area (Å²) < 4.78 is 24.7. The zero-order chi connectivity index (χ0) is 15.5. The van der Waals surface area contributed by atoms with Crippen LogP contribution in [0.4, 0.5) is 0 Å². The Kier molecular flexibility index (Phi) is 5.52. The lowest BCUT2D eigenvalue weighted by Gasteiger charge is -2.37. The number of amides is 1. The maximum absolute atomic E-state index is 12.5. The van der Waals surface area contributed by atoms with E-state index in [0.29, 0.717) is 13.0 Å². The second-order valence-corrected chi connectivity index (χ2v) is 7.27. The number of rotatable bonds is 5. The SMILES string of the molecule is CC(C)N(CC(=O)O)C(=O)C1CCCCN1S(C)(=O)=O. The van der Waals surface area contributed by atoms with Gasteiger partial charge in [0, 0.05) is 12.6 Å². The van der Waals surface area contributed by atoms with Crippen molar-refractivity contribution in [2.45, 2.75) is 45.2 Å². The van der Waals surface area contributed by atoms with E-state index < -0.39 is 34.5 Å². The van der Waals surface area contributed by atoms with E-state index in [1.807, 2.05) is 0 Å². The molecule has 0 saturated carbocycles. The summed E-state index contributed by atoms with van der Waals surface area (Å²) in [5, 5.41) is 8.88. The first-order chi connectivity index (χ1) is 9.14. The van der Waals surface area contributed by atoms with Crippen LogP contribution >= 0.6 is 0 Å². The van der Waals surface area contributed by atoms with Crippen LogP contribution in [0, 0.1) is 0 Å². The number of aliphatic carboxylic acids is 1. The minimum absolute atomic E-state index is 0.290. The third-order valence-corrected chi connectivity index (χ3v) is 4.67. The quantitative estimate of drug-likeness (QED) is 0.778. The molecule has 1 heterocycles. The highest BCUT2D eigenvalue weighted by Gasteiger charge is 2.37. The van der Waals surface area contributed by atoms with Gasteiger partial charge in [0.1, 0.15) is 12.6 Å². The summed E-state index contributed by atoms with van der Waals surface area (Å²) in [5.74, 6) is -1.53. The first-order valence-electron chi connectivity index (χ1n) is 6.63. The Labute approximate surface area is 119 Å². The predicted octanol–water partition coefficient (Wildman–Crippen LogP) is 0.122. The van der Waals surface area contributed by atoms with Crippen molar-refractivity contribution in [3.05, 3.63) is 0 Å². The van der Waals surface area contributed by atoms with Crippen LogP contribution in [-0.4, -0.2) is 66.0 Å². The molecular formula is C12H22N2O5S. The van der Waals surface area contributed by atoms with Crippen LogP contribution in [0.5, 0.6) is 0 Å². The summed E-state index contributed by atoms with van der Waals surface area (Å²) in [7, 11) is -3.47. The van der Waals surface area contributed by atoms with Gasteiger partial charge in [0.25, 0.3) is 0 Å². The Hall–Kier alpha value is -1.15. The topological polar surface area (TPSA) is 95.0 Å². The second kappa shape index (κ2) is 6.53. The maximum Gasteiger partial charge on any atom is 0.323 e. The molecule has 1 N–H and O–H groups in total. The standard InChI is InChI=1S/C12H22N2O5S/c1-9(2)13(8-11(15)16)12(17)10-6-4-5-7-14(10)20(3,18)19/h9-10H,4-8H2,1-3H3,(H,15,16). The van der Waals surface area contributed by atoms with E-state index in [-0.39, 0.29) is 6.04 Å². The van der Waals surface area contributed by atoms with Gasteiger partial charge >= 0.3 is 5.97 Å². The Morgan fingerprint density at radius 3 is 2.40 bits per heavy atom. The van der Waals surface area contributed by atoms with Gasteiger partial charge in [0.15, 0.2) is 0 Å². The molecule has 8 heteroatoms. The largest absolute Gasteiger partial charge is 0.480 e. The normalized spacial score (nSPS) is 20.9. The van der Waals surface area contributed by atoms with Crippen LogP contribution in [0.15, 0.2) is 0 Å². The third kappa shape index (κ3) is 4.17. The molecule has 1 aliphatic rings. The smallest absolute Gasteiger partial charge is 0.323 e. The lowest BCUT2D eigenvalue weighted by atomic mass is 10.0. The third-order valence-electron chi connectivity index (χ3n) is 3.38. The highest BCUT2D eigenvalue weighted by molar-refractivity contribution is 7.88. The van der Waals surface area contributed by atoms with Crippen LogP contribution in [0.25, 0.3) is 0 Å². The fourth-order valence-electron chi connectivity index (χ4n) is 2.40. The molecule has 116 valence electrons. The Bertz CT molecular complexity index is 474. The summed E-state index contributed by atoms with van der Waals surface area (Å²) in [5.41, 5.74) is 0. The summed E-state index contributed by atoms with van der Waals surface area (Å²) in [6.45, 7) is 3.34. The zero-order valence-electron chi connectivity index (χ0n) is 12.1. The molecule has 0 radical (unpaired) electrons. The maximum atomic E-state index is 12.5. The van der Waals surface area contributed by atoms with E-state index in [9.17, 15) is 18.0 Å². The molecular weight excluding hydrogens is 284 g/mol. The molecule has 7 nitrogen and oxygen atoms in total. The highest BCUT2D eigenvalue weighted by Crippen LogP contribution is 2.22. The second-order valence-electron chi connectivity index (χ2n) is 5.34. The van der Waals surface area contributed by atoms with Gasteiger partial charge in [-0.15, -0.1) is 0 Å². The number of hydrogen-bond donors (Lipinski definition) is 1. The Morgan fingerprint density at radius 2 is 1.95 bits per heavy atom. The molecule has 1 aliphatic heterocycles. The van der Waals surface area contributed by atoms with Gasteiger partial charge < -0.3 is 10.0 Å². The van der Waals surface area contributed by atoms with Crippen LogP contribution < -0.4 is 0 Å². The van der Waals surface area contributed by atoms with Gasteiger partial charge in [0.2, 0.25) is 15.9 Å². The van der Waals surface area contributed by atoms with Crippen LogP contribution in [0.2, 0.25) is 0 Å². The number of carboxylic acid groups (broad SMARTS) is 1. The highest BCUT2D eigenvalue weighted by atomic mass is 32.2. The van der Waals surface area contributed by atoms with Crippen molar-refractivity contribution in [1.82, 2.24) is 9.21 Å². The Balaban J connectivity index is 2.98. The van der Waals surface area contributed by atoms with E-state index in [4.69, 9.17) is 5.11 Å². The fraction of sp³-hybridized carbons (Fsp3) is 0.833. The first-order valence-corrected chi connectivity index (χ1v) is 8.48. The van der Waals surface area contributed by atoms with Gasteiger partial charge in [-0.25, -0.2) is 8.42 Å². The molecule has 1 amide bonds. The van der Waals surface area contributed by atoms with Crippen molar-refractivity contribution < 1.29 is 23.1 Å².